The molecule has 164 valence electrons. The maximum atomic E-state index is 13.3. The highest BCUT2D eigenvalue weighted by Crippen LogP contribution is 2.33. The lowest BCUT2D eigenvalue weighted by Crippen LogP contribution is -2.51. The lowest BCUT2D eigenvalue weighted by Gasteiger charge is -2.36. The molecule has 1 aromatic carbocycles. The van der Waals surface area contributed by atoms with Gasteiger partial charge in [-0.3, -0.25) is 19.9 Å². The van der Waals surface area contributed by atoms with Crippen LogP contribution in [0.15, 0.2) is 35.3 Å². The van der Waals surface area contributed by atoms with Gasteiger partial charge in [0.05, 0.1) is 13.2 Å². The summed E-state index contributed by atoms with van der Waals surface area (Å²) in [5.41, 5.74) is -0.209. The van der Waals surface area contributed by atoms with Crippen molar-refractivity contribution >= 4 is 18.0 Å². The molecule has 1 spiro atoms. The number of hydrogen-bond donors (Lipinski definition) is 1. The van der Waals surface area contributed by atoms with E-state index >= 15 is 0 Å². The van der Waals surface area contributed by atoms with E-state index in [4.69, 9.17) is 14.5 Å². The molecule has 0 bridgehead atoms. The van der Waals surface area contributed by atoms with Gasteiger partial charge in [-0.05, 0) is 39.2 Å². The second-order valence-corrected chi connectivity index (χ2v) is 8.81. The first-order valence-corrected chi connectivity index (χ1v) is 10.4. The third-order valence-electron chi connectivity index (χ3n) is 5.28. The zero-order valence-corrected chi connectivity index (χ0v) is 18.3. The summed E-state index contributed by atoms with van der Waals surface area (Å²) in [4.78, 5) is 34.1. The molecule has 0 atom stereocenters. The Bertz CT molecular complexity index is 780. The van der Waals surface area contributed by atoms with Crippen molar-refractivity contribution in [3.05, 3.63) is 35.9 Å². The number of benzene rings is 1. The normalized spacial score (nSPS) is 19.1. The van der Waals surface area contributed by atoms with E-state index in [2.05, 4.69) is 22.3 Å². The minimum Gasteiger partial charge on any atom is -0.444 e. The third-order valence-corrected chi connectivity index (χ3v) is 5.28. The van der Waals surface area contributed by atoms with Crippen molar-refractivity contribution in [2.45, 2.75) is 51.3 Å². The Kier molecular flexibility index (Phi) is 6.77. The molecule has 0 saturated carbocycles. The van der Waals surface area contributed by atoms with E-state index in [9.17, 15) is 9.59 Å². The Labute approximate surface area is 178 Å². The number of nitrogens with one attached hydrogen (secondary N) is 1. The average Bonchev–Trinajstić information content (AvgIpc) is 2.92. The second-order valence-electron chi connectivity index (χ2n) is 8.81. The van der Waals surface area contributed by atoms with Crippen LogP contribution < -0.4 is 5.32 Å². The monoisotopic (exact) mass is 416 g/mol. The van der Waals surface area contributed by atoms with Crippen molar-refractivity contribution in [2.24, 2.45) is 4.99 Å². The largest absolute Gasteiger partial charge is 0.444 e. The fourth-order valence-electron chi connectivity index (χ4n) is 3.79. The molecule has 3 rings (SSSR count). The van der Waals surface area contributed by atoms with Gasteiger partial charge >= 0.3 is 6.09 Å². The zero-order valence-electron chi connectivity index (χ0n) is 18.3. The van der Waals surface area contributed by atoms with Gasteiger partial charge < -0.3 is 9.47 Å². The van der Waals surface area contributed by atoms with Gasteiger partial charge in [0.2, 0.25) is 5.96 Å². The molecule has 8 nitrogen and oxygen atoms in total. The molecule has 1 fully saturated rings. The van der Waals surface area contributed by atoms with Gasteiger partial charge in [-0.1, -0.05) is 30.3 Å². The van der Waals surface area contributed by atoms with Crippen LogP contribution in [-0.4, -0.2) is 72.3 Å². The summed E-state index contributed by atoms with van der Waals surface area (Å²) >= 11 is 0. The van der Waals surface area contributed by atoms with Crippen LogP contribution in [0.25, 0.3) is 0 Å². The number of nitrogens with zero attached hydrogens (tertiary/aromatic N) is 3. The predicted octanol–water partition coefficient (Wildman–Crippen LogP) is 2.39. The number of alkyl carbamates (subject to hydrolysis) is 1. The maximum absolute atomic E-state index is 13.3. The van der Waals surface area contributed by atoms with Crippen molar-refractivity contribution in [1.82, 2.24) is 15.1 Å². The molecule has 1 saturated heterocycles. The van der Waals surface area contributed by atoms with Crippen LogP contribution in [0.2, 0.25) is 0 Å². The fraction of sp³-hybridized carbons (Fsp3) is 0.591. The molecule has 2 aliphatic rings. The predicted molar refractivity (Wildman–Crippen MR) is 114 cm³/mol. The van der Waals surface area contributed by atoms with Crippen molar-refractivity contribution in [3.63, 3.8) is 0 Å². The maximum Gasteiger partial charge on any atom is 0.414 e. The van der Waals surface area contributed by atoms with E-state index < -0.39 is 17.2 Å². The third kappa shape index (κ3) is 5.37. The van der Waals surface area contributed by atoms with Crippen molar-refractivity contribution in [1.29, 1.82) is 0 Å². The average molecular weight is 417 g/mol. The standard InChI is InChI=1S/C22H32N4O4/c1-21(2,3)30-20(28)23-19-24-22(18(27)26(19)14-15-29-4)10-12-25(13-11-22)16-17-8-6-5-7-9-17/h5-9H,10-16H2,1-4H3,(H,23,24,28). The van der Waals surface area contributed by atoms with Crippen LogP contribution in [0.5, 0.6) is 0 Å². The summed E-state index contributed by atoms with van der Waals surface area (Å²) < 4.78 is 10.5. The van der Waals surface area contributed by atoms with Crippen LogP contribution in [-0.2, 0) is 20.8 Å². The molecule has 0 unspecified atom stereocenters. The van der Waals surface area contributed by atoms with Crippen molar-refractivity contribution in [3.8, 4) is 0 Å². The Hall–Kier alpha value is -2.45. The Morgan fingerprint density at radius 1 is 1.20 bits per heavy atom. The first-order valence-electron chi connectivity index (χ1n) is 10.4. The minimum absolute atomic E-state index is 0.0787. The number of likely N-dealkylation sites (tertiary alicyclic amines) is 1. The highest BCUT2D eigenvalue weighted by Gasteiger charge is 2.50. The number of piperidine rings is 1. The summed E-state index contributed by atoms with van der Waals surface area (Å²) in [5.74, 6) is 0.174. The molecular weight excluding hydrogens is 384 g/mol. The van der Waals surface area contributed by atoms with Crippen molar-refractivity contribution < 1.29 is 19.1 Å². The Balaban J connectivity index is 1.69. The van der Waals surface area contributed by atoms with Gasteiger partial charge in [0.25, 0.3) is 5.91 Å². The smallest absolute Gasteiger partial charge is 0.414 e. The van der Waals surface area contributed by atoms with E-state index in [0.717, 1.165) is 19.6 Å². The topological polar surface area (TPSA) is 83.5 Å². The molecule has 0 radical (unpaired) electrons. The number of hydrogen-bond acceptors (Lipinski definition) is 6. The molecule has 8 heteroatoms. The summed E-state index contributed by atoms with van der Waals surface area (Å²) in [5, 5.41) is 2.67. The van der Waals surface area contributed by atoms with Crippen LogP contribution >= 0.6 is 0 Å². The van der Waals surface area contributed by atoms with Gasteiger partial charge in [-0.2, -0.15) is 0 Å². The summed E-state index contributed by atoms with van der Waals surface area (Å²) in [7, 11) is 1.58. The van der Waals surface area contributed by atoms with E-state index in [-0.39, 0.29) is 11.9 Å². The molecule has 0 aromatic heterocycles. The number of rotatable bonds is 5. The quantitative estimate of drug-likeness (QED) is 0.797. The van der Waals surface area contributed by atoms with Crippen LogP contribution in [0.1, 0.15) is 39.2 Å². The van der Waals surface area contributed by atoms with Gasteiger partial charge in [0, 0.05) is 26.7 Å². The molecule has 1 N–H and O–H groups in total. The van der Waals surface area contributed by atoms with E-state index in [0.29, 0.717) is 26.0 Å². The summed E-state index contributed by atoms with van der Waals surface area (Å²) in [6.45, 7) is 8.45. The molecular formula is C22H32N4O4. The second kappa shape index (κ2) is 9.14. The van der Waals surface area contributed by atoms with Gasteiger partial charge in [0.1, 0.15) is 11.1 Å². The molecule has 30 heavy (non-hydrogen) atoms. The number of ether oxygens (including phenoxy) is 2. The molecule has 1 aromatic rings. The SMILES string of the molecule is COCCN1C(=O)C2(CCN(Cc3ccccc3)CC2)N=C1NC(=O)OC(C)(C)C. The highest BCUT2D eigenvalue weighted by molar-refractivity contribution is 6.11. The van der Waals surface area contributed by atoms with Gasteiger partial charge in [-0.25, -0.2) is 9.79 Å². The number of methoxy groups -OCH3 is 1. The van der Waals surface area contributed by atoms with Gasteiger partial charge in [0.15, 0.2) is 0 Å². The molecule has 2 aliphatic heterocycles. The van der Waals surface area contributed by atoms with Crippen LogP contribution in [0.4, 0.5) is 4.79 Å². The number of amides is 2. The summed E-state index contributed by atoms with van der Waals surface area (Å²) in [6.07, 6.45) is 0.610. The number of carbonyl (C=O) groups excluding carboxylic acids is 2. The lowest BCUT2D eigenvalue weighted by molar-refractivity contribution is -0.133. The van der Waals surface area contributed by atoms with E-state index in [1.165, 1.54) is 10.5 Å². The zero-order chi connectivity index (χ0) is 21.8. The first-order chi connectivity index (χ1) is 14.2. The Morgan fingerprint density at radius 2 is 1.87 bits per heavy atom. The molecule has 0 aliphatic carbocycles. The highest BCUT2D eigenvalue weighted by atomic mass is 16.6. The first kappa shape index (κ1) is 22.2. The van der Waals surface area contributed by atoms with E-state index in [1.807, 2.05) is 18.2 Å². The molecule has 2 heterocycles. The van der Waals surface area contributed by atoms with E-state index in [1.54, 1.807) is 27.9 Å². The fourth-order valence-corrected chi connectivity index (χ4v) is 3.79. The van der Waals surface area contributed by atoms with Crippen LogP contribution in [0, 0.1) is 0 Å². The Morgan fingerprint density at radius 3 is 2.47 bits per heavy atom. The van der Waals surface area contributed by atoms with Crippen molar-refractivity contribution in [2.75, 3.05) is 33.4 Å². The number of guanidine groups is 1. The molecule has 2 amide bonds. The number of carbonyl (C=O) groups is 2. The van der Waals surface area contributed by atoms with Crippen LogP contribution in [0.3, 0.4) is 0 Å². The lowest BCUT2D eigenvalue weighted by atomic mass is 9.87. The minimum atomic E-state index is -0.828. The number of aliphatic imine (C=N–C) groups is 1. The summed E-state index contributed by atoms with van der Waals surface area (Å²) in [6, 6.07) is 10.3. The van der Waals surface area contributed by atoms with Gasteiger partial charge in [-0.15, -0.1) is 0 Å².